The zero-order valence-corrected chi connectivity index (χ0v) is 12.2. The van der Waals surface area contributed by atoms with Gasteiger partial charge in [0, 0.05) is 6.54 Å². The third-order valence-corrected chi connectivity index (χ3v) is 4.12. The summed E-state index contributed by atoms with van der Waals surface area (Å²) in [7, 11) is 0. The first-order valence-electron chi connectivity index (χ1n) is 7.19. The second kappa shape index (κ2) is 5.61. The molecule has 2 amide bonds. The Morgan fingerprint density at radius 2 is 1.74 bits per heavy atom. The number of fused-ring (bicyclic) bond motifs is 1. The van der Waals surface area contributed by atoms with Crippen molar-refractivity contribution in [3.05, 3.63) is 70.8 Å². The molecule has 2 N–H and O–H groups in total. The number of carbonyl (C=O) groups excluding carboxylic acids is 1. The van der Waals surface area contributed by atoms with Crippen LogP contribution in [0.4, 0.5) is 18.0 Å². The number of amides is 2. The van der Waals surface area contributed by atoms with E-state index in [1.807, 2.05) is 24.3 Å². The second-order valence-electron chi connectivity index (χ2n) is 5.50. The first kappa shape index (κ1) is 15.4. The highest BCUT2D eigenvalue weighted by Crippen LogP contribution is 2.36. The average molecular weight is 320 g/mol. The lowest BCUT2D eigenvalue weighted by atomic mass is 9.88. The summed E-state index contributed by atoms with van der Waals surface area (Å²) in [5, 5.41) is 0. The van der Waals surface area contributed by atoms with E-state index >= 15 is 0 Å². The Morgan fingerprint density at radius 1 is 1.09 bits per heavy atom. The minimum Gasteiger partial charge on any atom is -0.351 e. The molecule has 120 valence electrons. The summed E-state index contributed by atoms with van der Waals surface area (Å²) in [6.45, 7) is 0.442. The Bertz CT molecular complexity index is 725. The fourth-order valence-corrected chi connectivity index (χ4v) is 3.02. The van der Waals surface area contributed by atoms with Gasteiger partial charge >= 0.3 is 12.2 Å². The second-order valence-corrected chi connectivity index (χ2v) is 5.50. The van der Waals surface area contributed by atoms with Crippen LogP contribution in [0, 0.1) is 0 Å². The van der Waals surface area contributed by atoms with Gasteiger partial charge in [-0.1, -0.05) is 36.4 Å². The Morgan fingerprint density at radius 3 is 2.35 bits per heavy atom. The summed E-state index contributed by atoms with van der Waals surface area (Å²) < 4.78 is 38.2. The summed E-state index contributed by atoms with van der Waals surface area (Å²) in [4.78, 5) is 13.2. The molecule has 1 heterocycles. The van der Waals surface area contributed by atoms with Crippen molar-refractivity contribution in [3.8, 4) is 0 Å². The van der Waals surface area contributed by atoms with Gasteiger partial charge in [0.2, 0.25) is 0 Å². The lowest BCUT2D eigenvalue weighted by Crippen LogP contribution is -2.43. The van der Waals surface area contributed by atoms with E-state index in [0.29, 0.717) is 18.5 Å². The molecule has 0 fully saturated rings. The van der Waals surface area contributed by atoms with E-state index in [9.17, 15) is 18.0 Å². The van der Waals surface area contributed by atoms with Crippen molar-refractivity contribution in [2.24, 2.45) is 5.73 Å². The number of primary amides is 1. The number of nitrogens with two attached hydrogens (primary N) is 1. The Hall–Kier alpha value is -2.50. The number of nitrogens with zero attached hydrogens (tertiary/aromatic N) is 1. The molecular formula is C17H15F3N2O. The zero-order valence-electron chi connectivity index (χ0n) is 12.2. The van der Waals surface area contributed by atoms with Gasteiger partial charge in [-0.05, 0) is 35.2 Å². The molecule has 1 aliphatic heterocycles. The van der Waals surface area contributed by atoms with Crippen LogP contribution >= 0.6 is 0 Å². The van der Waals surface area contributed by atoms with Crippen LogP contribution in [-0.2, 0) is 12.6 Å². The smallest absolute Gasteiger partial charge is 0.351 e. The average Bonchev–Trinajstić information content (AvgIpc) is 2.53. The Kier molecular flexibility index (Phi) is 3.75. The molecule has 0 aromatic heterocycles. The number of halogens is 3. The summed E-state index contributed by atoms with van der Waals surface area (Å²) >= 11 is 0. The van der Waals surface area contributed by atoms with Crippen LogP contribution in [0.2, 0.25) is 0 Å². The van der Waals surface area contributed by atoms with Gasteiger partial charge in [0.05, 0.1) is 11.6 Å². The van der Waals surface area contributed by atoms with Gasteiger partial charge in [-0.3, -0.25) is 0 Å². The van der Waals surface area contributed by atoms with Crippen molar-refractivity contribution in [3.63, 3.8) is 0 Å². The number of hydrogen-bond acceptors (Lipinski definition) is 1. The highest BCUT2D eigenvalue weighted by atomic mass is 19.4. The van der Waals surface area contributed by atoms with Gasteiger partial charge in [-0.2, -0.15) is 13.2 Å². The van der Waals surface area contributed by atoms with Crippen LogP contribution in [0.25, 0.3) is 0 Å². The number of hydrogen-bond donors (Lipinski definition) is 1. The quantitative estimate of drug-likeness (QED) is 0.855. The lowest BCUT2D eigenvalue weighted by Gasteiger charge is -2.36. The molecule has 6 heteroatoms. The lowest BCUT2D eigenvalue weighted by molar-refractivity contribution is -0.137. The van der Waals surface area contributed by atoms with E-state index in [-0.39, 0.29) is 0 Å². The van der Waals surface area contributed by atoms with Crippen LogP contribution in [0.15, 0.2) is 48.5 Å². The van der Waals surface area contributed by atoms with E-state index in [1.165, 1.54) is 17.0 Å². The summed E-state index contributed by atoms with van der Waals surface area (Å²) in [5.74, 6) is 0. The van der Waals surface area contributed by atoms with Crippen molar-refractivity contribution < 1.29 is 18.0 Å². The predicted molar refractivity (Wildman–Crippen MR) is 79.7 cm³/mol. The zero-order chi connectivity index (χ0) is 16.6. The van der Waals surface area contributed by atoms with E-state index in [0.717, 1.165) is 23.3 Å². The number of benzene rings is 2. The highest BCUT2D eigenvalue weighted by Gasteiger charge is 2.33. The molecule has 0 spiro atoms. The van der Waals surface area contributed by atoms with Gasteiger partial charge in [0.25, 0.3) is 0 Å². The molecule has 2 aromatic rings. The topological polar surface area (TPSA) is 46.3 Å². The van der Waals surface area contributed by atoms with E-state index in [1.54, 1.807) is 0 Å². The molecule has 0 radical (unpaired) electrons. The molecule has 1 unspecified atom stereocenters. The van der Waals surface area contributed by atoms with Gasteiger partial charge in [-0.25, -0.2) is 4.79 Å². The van der Waals surface area contributed by atoms with Gasteiger partial charge in [0.1, 0.15) is 0 Å². The van der Waals surface area contributed by atoms with Crippen LogP contribution in [0.3, 0.4) is 0 Å². The van der Waals surface area contributed by atoms with Crippen molar-refractivity contribution in [2.75, 3.05) is 6.54 Å². The van der Waals surface area contributed by atoms with Crippen molar-refractivity contribution in [1.82, 2.24) is 4.90 Å². The van der Waals surface area contributed by atoms with Crippen molar-refractivity contribution >= 4 is 6.03 Å². The standard InChI is InChI=1S/C17H15F3N2O/c18-17(19,20)13-7-5-12(6-8-13)15-14-4-2-1-3-11(14)9-10-22(15)16(21)23/h1-8,15H,9-10H2,(H2,21,23). The van der Waals surface area contributed by atoms with Crippen LogP contribution in [0.1, 0.15) is 28.3 Å². The molecule has 3 rings (SSSR count). The fraction of sp³-hybridized carbons (Fsp3) is 0.235. The van der Waals surface area contributed by atoms with Crippen LogP contribution in [0.5, 0.6) is 0 Å². The molecule has 0 saturated carbocycles. The Labute approximate surface area is 131 Å². The third kappa shape index (κ3) is 2.88. The minimum atomic E-state index is -4.38. The number of rotatable bonds is 1. The highest BCUT2D eigenvalue weighted by molar-refractivity contribution is 5.74. The molecule has 1 aliphatic rings. The van der Waals surface area contributed by atoms with Crippen molar-refractivity contribution in [2.45, 2.75) is 18.6 Å². The van der Waals surface area contributed by atoms with Crippen molar-refractivity contribution in [1.29, 1.82) is 0 Å². The molecule has 0 saturated heterocycles. The normalized spacial score (nSPS) is 17.7. The monoisotopic (exact) mass is 320 g/mol. The maximum Gasteiger partial charge on any atom is 0.416 e. The van der Waals surface area contributed by atoms with E-state index < -0.39 is 23.8 Å². The van der Waals surface area contributed by atoms with E-state index in [4.69, 9.17) is 5.73 Å². The van der Waals surface area contributed by atoms with E-state index in [2.05, 4.69) is 0 Å². The molecule has 1 atom stereocenters. The maximum absolute atomic E-state index is 12.7. The van der Waals surface area contributed by atoms with Gasteiger partial charge in [-0.15, -0.1) is 0 Å². The summed E-state index contributed by atoms with van der Waals surface area (Å²) in [6.07, 6.45) is -3.71. The molecule has 0 aliphatic carbocycles. The third-order valence-electron chi connectivity index (χ3n) is 4.12. The molecule has 23 heavy (non-hydrogen) atoms. The molecule has 3 nitrogen and oxygen atoms in total. The first-order valence-corrected chi connectivity index (χ1v) is 7.19. The summed E-state index contributed by atoms with van der Waals surface area (Å²) in [6, 6.07) is 11.4. The van der Waals surface area contributed by atoms with Crippen LogP contribution in [-0.4, -0.2) is 17.5 Å². The van der Waals surface area contributed by atoms with Crippen LogP contribution < -0.4 is 5.73 Å². The largest absolute Gasteiger partial charge is 0.416 e. The molecule has 0 bridgehead atoms. The van der Waals surface area contributed by atoms with Gasteiger partial charge < -0.3 is 10.6 Å². The molecular weight excluding hydrogens is 305 g/mol. The first-order chi connectivity index (χ1) is 10.9. The Balaban J connectivity index is 2.05. The number of urea groups is 1. The minimum absolute atomic E-state index is 0.442. The van der Waals surface area contributed by atoms with Gasteiger partial charge in [0.15, 0.2) is 0 Å². The fourth-order valence-electron chi connectivity index (χ4n) is 3.02. The summed E-state index contributed by atoms with van der Waals surface area (Å²) in [5.41, 5.74) is 7.34. The number of alkyl halides is 3. The molecule has 2 aromatic carbocycles. The SMILES string of the molecule is NC(=O)N1CCc2ccccc2C1c1ccc(C(F)(F)F)cc1. The number of carbonyl (C=O) groups is 1. The maximum atomic E-state index is 12.7. The predicted octanol–water partition coefficient (Wildman–Crippen LogP) is 3.73.